The third-order valence-corrected chi connectivity index (χ3v) is 7.87. The first-order valence-corrected chi connectivity index (χ1v) is 15.7. The number of hydrogen-bond donors (Lipinski definition) is 1. The van der Waals surface area contributed by atoms with Crippen LogP contribution in [0.2, 0.25) is 5.02 Å². The van der Waals surface area contributed by atoms with Gasteiger partial charge in [0.25, 0.3) is 16.0 Å². The second kappa shape index (κ2) is 13.3. The van der Waals surface area contributed by atoms with Crippen molar-refractivity contribution in [1.29, 1.82) is 0 Å². The van der Waals surface area contributed by atoms with Crippen LogP contribution in [0.15, 0.2) is 101 Å². The van der Waals surface area contributed by atoms with Crippen molar-refractivity contribution < 1.29 is 22.5 Å². The number of carbonyl (C=O) groups excluding carboxylic acids is 1. The quantitative estimate of drug-likeness (QED) is 0.145. The summed E-state index contributed by atoms with van der Waals surface area (Å²) >= 11 is 6.36. The van der Waals surface area contributed by atoms with E-state index in [9.17, 15) is 13.2 Å². The summed E-state index contributed by atoms with van der Waals surface area (Å²) in [6.45, 7) is 0.396. The molecule has 8 nitrogen and oxygen atoms in total. The predicted molar refractivity (Wildman–Crippen MR) is 166 cm³/mol. The van der Waals surface area contributed by atoms with Gasteiger partial charge >= 0.3 is 0 Å². The Balaban J connectivity index is 1.33. The van der Waals surface area contributed by atoms with Crippen LogP contribution < -0.4 is 4.74 Å². The molecule has 2 heterocycles. The third kappa shape index (κ3) is 7.61. The van der Waals surface area contributed by atoms with E-state index in [2.05, 4.69) is 0 Å². The number of carbonyl (C=O) groups is 1. The summed E-state index contributed by atoms with van der Waals surface area (Å²) in [5, 5.41) is 0.442. The number of aliphatic imine (C=N–C) groups is 2. The molecule has 0 aliphatic carbocycles. The fourth-order valence-corrected chi connectivity index (χ4v) is 5.40. The number of halogens is 1. The number of nitrogens with zero attached hydrogens (tertiary/aromatic N) is 3. The van der Waals surface area contributed by atoms with Gasteiger partial charge < -0.3 is 4.74 Å². The van der Waals surface area contributed by atoms with E-state index in [1.165, 1.54) is 0 Å². The van der Waals surface area contributed by atoms with E-state index in [1.807, 2.05) is 60.7 Å². The van der Waals surface area contributed by atoms with Crippen molar-refractivity contribution in [1.82, 2.24) is 4.90 Å². The molecule has 1 N–H and O–H groups in total. The number of unbranched alkanes of at least 4 members (excludes halogenated alkanes) is 3. The van der Waals surface area contributed by atoms with Crippen molar-refractivity contribution in [3.63, 3.8) is 0 Å². The van der Waals surface area contributed by atoms with Gasteiger partial charge in [0, 0.05) is 18.2 Å². The van der Waals surface area contributed by atoms with Gasteiger partial charge in [-0.2, -0.15) is 8.42 Å². The second-order valence-electron chi connectivity index (χ2n) is 9.98. The molecule has 0 saturated carbocycles. The lowest BCUT2D eigenvalue weighted by Gasteiger charge is -2.21. The highest BCUT2D eigenvalue weighted by Gasteiger charge is 2.35. The standard InChI is InChI=1S/C32H30ClN3O5S/c33-26-16-15-24(21-30(26)41-17-9-1-2-10-18-42(38,39)40)20-28-32(37)36-22-29(25-13-7-4-8-14-25)34-27(31(36)35-28)19-23-11-5-3-6-12-23/h3-8,11-16,20-22H,1-2,9-10,17-19H2,(H,38,39,40)/b28-20-. The van der Waals surface area contributed by atoms with Crippen molar-refractivity contribution in [3.8, 4) is 5.75 Å². The van der Waals surface area contributed by atoms with Gasteiger partial charge in [-0.25, -0.2) is 9.98 Å². The van der Waals surface area contributed by atoms with E-state index >= 15 is 0 Å². The van der Waals surface area contributed by atoms with E-state index in [0.29, 0.717) is 65.9 Å². The smallest absolute Gasteiger partial charge is 0.282 e. The highest BCUT2D eigenvalue weighted by molar-refractivity contribution is 7.85. The molecule has 3 aromatic carbocycles. The zero-order valence-corrected chi connectivity index (χ0v) is 24.4. The van der Waals surface area contributed by atoms with Crippen LogP contribution in [0.25, 0.3) is 11.8 Å². The number of fused-ring (bicyclic) bond motifs is 1. The van der Waals surface area contributed by atoms with E-state index in [-0.39, 0.29) is 17.4 Å². The Morgan fingerprint density at radius 3 is 2.36 bits per heavy atom. The largest absolute Gasteiger partial charge is 0.492 e. The van der Waals surface area contributed by atoms with Crippen molar-refractivity contribution in [2.45, 2.75) is 32.1 Å². The molecule has 42 heavy (non-hydrogen) atoms. The van der Waals surface area contributed by atoms with Gasteiger partial charge in [0.05, 0.1) is 28.8 Å². The zero-order valence-electron chi connectivity index (χ0n) is 22.8. The summed E-state index contributed by atoms with van der Waals surface area (Å²) in [4.78, 5) is 24.7. The van der Waals surface area contributed by atoms with E-state index < -0.39 is 10.1 Å². The Morgan fingerprint density at radius 1 is 0.905 bits per heavy atom. The van der Waals surface area contributed by atoms with Crippen LogP contribution in [-0.4, -0.2) is 47.7 Å². The lowest BCUT2D eigenvalue weighted by molar-refractivity contribution is -0.120. The summed E-state index contributed by atoms with van der Waals surface area (Å²) in [6.07, 6.45) is 6.49. The molecule has 0 radical (unpaired) electrons. The molecular formula is C32H30ClN3O5S. The van der Waals surface area contributed by atoms with Gasteiger partial charge in [0.2, 0.25) is 0 Å². The first kappa shape index (κ1) is 29.4. The highest BCUT2D eigenvalue weighted by Crippen LogP contribution is 2.31. The molecule has 0 unspecified atom stereocenters. The Morgan fingerprint density at radius 2 is 1.62 bits per heavy atom. The fraction of sp³-hybridized carbons (Fsp3) is 0.219. The van der Waals surface area contributed by atoms with Gasteiger partial charge in [0.15, 0.2) is 5.84 Å². The topological polar surface area (TPSA) is 109 Å². The average molecular weight is 604 g/mol. The maximum absolute atomic E-state index is 13.6. The Hall–Kier alpha value is -4.05. The molecule has 3 aromatic rings. The highest BCUT2D eigenvalue weighted by atomic mass is 35.5. The normalized spacial score (nSPS) is 15.8. The van der Waals surface area contributed by atoms with Crippen molar-refractivity contribution in [2.24, 2.45) is 9.98 Å². The first-order chi connectivity index (χ1) is 20.3. The van der Waals surface area contributed by atoms with Crippen LogP contribution >= 0.6 is 11.6 Å². The minimum atomic E-state index is -3.92. The van der Waals surface area contributed by atoms with Crippen LogP contribution in [0.4, 0.5) is 0 Å². The van der Waals surface area contributed by atoms with Gasteiger partial charge in [-0.1, -0.05) is 91.2 Å². The number of amides is 1. The number of amidine groups is 1. The number of benzene rings is 3. The maximum Gasteiger partial charge on any atom is 0.282 e. The molecule has 0 saturated heterocycles. The molecule has 0 aromatic heterocycles. The minimum absolute atomic E-state index is 0.236. The first-order valence-electron chi connectivity index (χ1n) is 13.7. The molecule has 0 bridgehead atoms. The van der Waals surface area contributed by atoms with E-state index in [0.717, 1.165) is 17.5 Å². The second-order valence-corrected chi connectivity index (χ2v) is 12.0. The third-order valence-electron chi connectivity index (χ3n) is 6.75. The summed E-state index contributed by atoms with van der Waals surface area (Å²) in [5.74, 6) is 0.507. The summed E-state index contributed by atoms with van der Waals surface area (Å²) in [6, 6.07) is 25.0. The van der Waals surface area contributed by atoms with Crippen LogP contribution in [0.3, 0.4) is 0 Å². The molecule has 5 rings (SSSR count). The van der Waals surface area contributed by atoms with E-state index in [1.54, 1.807) is 35.4 Å². The van der Waals surface area contributed by atoms with Gasteiger partial charge in [-0.15, -0.1) is 0 Å². The van der Waals surface area contributed by atoms with Crippen LogP contribution in [0.1, 0.15) is 42.4 Å². The Bertz CT molecular complexity index is 1680. The molecule has 10 heteroatoms. The lowest BCUT2D eigenvalue weighted by atomic mass is 10.1. The molecular weight excluding hydrogens is 574 g/mol. The Kier molecular flexibility index (Phi) is 9.31. The SMILES string of the molecule is O=C1/C(=C/c2ccc(Cl)c(OCCCCCCS(=O)(=O)O)c2)N=C2C(Cc3ccccc3)=NC(c3ccccc3)=CN12. The number of hydrogen-bond acceptors (Lipinski definition) is 6. The van der Waals surface area contributed by atoms with Crippen LogP contribution in [-0.2, 0) is 21.3 Å². The zero-order chi connectivity index (χ0) is 29.5. The van der Waals surface area contributed by atoms with Crippen molar-refractivity contribution in [3.05, 3.63) is 112 Å². The van der Waals surface area contributed by atoms with Gasteiger partial charge in [0.1, 0.15) is 11.4 Å². The van der Waals surface area contributed by atoms with Gasteiger partial charge in [-0.3, -0.25) is 14.2 Å². The predicted octanol–water partition coefficient (Wildman–Crippen LogP) is 6.44. The van der Waals surface area contributed by atoms with E-state index in [4.69, 9.17) is 30.9 Å². The number of ether oxygens (including phenoxy) is 1. The van der Waals surface area contributed by atoms with Gasteiger partial charge in [-0.05, 0) is 42.2 Å². The Labute approximate surface area is 250 Å². The molecule has 0 atom stereocenters. The van der Waals surface area contributed by atoms with Crippen molar-refractivity contribution in [2.75, 3.05) is 12.4 Å². The summed E-state index contributed by atoms with van der Waals surface area (Å²) in [5.41, 5.74) is 4.36. The van der Waals surface area contributed by atoms with Crippen molar-refractivity contribution >= 4 is 50.9 Å². The maximum atomic E-state index is 13.6. The average Bonchev–Trinajstić information content (AvgIpc) is 3.29. The molecule has 2 aliphatic rings. The molecule has 0 fully saturated rings. The molecule has 216 valence electrons. The monoisotopic (exact) mass is 603 g/mol. The number of rotatable bonds is 12. The minimum Gasteiger partial charge on any atom is -0.492 e. The molecule has 1 amide bonds. The summed E-state index contributed by atoms with van der Waals surface area (Å²) < 4.78 is 36.3. The van der Waals surface area contributed by atoms with Crippen LogP contribution in [0, 0.1) is 0 Å². The molecule has 0 spiro atoms. The van der Waals surface area contributed by atoms with Crippen LogP contribution in [0.5, 0.6) is 5.75 Å². The summed E-state index contributed by atoms with van der Waals surface area (Å²) in [7, 11) is -3.92. The molecule has 2 aliphatic heterocycles. The fourth-order valence-electron chi connectivity index (χ4n) is 4.66. The lowest BCUT2D eigenvalue weighted by Crippen LogP contribution is -2.36.